The molecule has 2 heterocycles. The molecular weight excluding hydrogens is 367 g/mol. The monoisotopic (exact) mass is 389 g/mol. The molecule has 2 rings (SSSR count). The van der Waals surface area contributed by atoms with Crippen LogP contribution in [0.15, 0.2) is 6.20 Å². The third-order valence-corrected chi connectivity index (χ3v) is 4.60. The highest BCUT2D eigenvalue weighted by Crippen LogP contribution is 2.35. The molecule has 1 amide bonds. The summed E-state index contributed by atoms with van der Waals surface area (Å²) in [5, 5.41) is 28.2. The molecule has 1 aliphatic rings. The number of nitrogens with two attached hydrogens (primary N) is 1. The minimum absolute atomic E-state index is 0.0146. The Kier molecular flexibility index (Phi) is 6.30. The number of anilines is 1. The lowest BCUT2D eigenvalue weighted by Gasteiger charge is -2.40. The van der Waals surface area contributed by atoms with E-state index in [1.807, 2.05) is 6.07 Å². The van der Waals surface area contributed by atoms with Crippen LogP contribution >= 0.6 is 0 Å². The van der Waals surface area contributed by atoms with E-state index in [1.54, 1.807) is 0 Å². The molecule has 0 radical (unpaired) electrons. The van der Waals surface area contributed by atoms with Gasteiger partial charge in [0, 0.05) is 19.3 Å². The molecule has 1 atom stereocenters. The molecule has 27 heavy (non-hydrogen) atoms. The average Bonchev–Trinajstić information content (AvgIpc) is 3.00. The van der Waals surface area contributed by atoms with Crippen LogP contribution in [0.2, 0.25) is 0 Å². The van der Waals surface area contributed by atoms with Gasteiger partial charge in [-0.25, -0.2) is 0 Å². The first-order chi connectivity index (χ1) is 12.6. The number of rotatable bonds is 7. The fraction of sp³-hybridized carbons (Fsp3) is 0.667. The van der Waals surface area contributed by atoms with Crippen LogP contribution in [0.1, 0.15) is 29.8 Å². The van der Waals surface area contributed by atoms with Gasteiger partial charge in [-0.1, -0.05) is 0 Å². The number of nitriles is 1. The zero-order valence-electron chi connectivity index (χ0n) is 14.8. The number of nitrogens with one attached hydrogen (secondary N) is 2. The Morgan fingerprint density at radius 2 is 2.15 bits per heavy atom. The van der Waals surface area contributed by atoms with E-state index in [0.29, 0.717) is 0 Å². The molecule has 150 valence electrons. The van der Waals surface area contributed by atoms with Crippen LogP contribution in [0.25, 0.3) is 0 Å². The van der Waals surface area contributed by atoms with E-state index >= 15 is 0 Å². The van der Waals surface area contributed by atoms with Crippen molar-refractivity contribution in [1.82, 2.24) is 20.0 Å². The largest absolute Gasteiger partial charge is 0.401 e. The summed E-state index contributed by atoms with van der Waals surface area (Å²) in [6.07, 6.45) is -3.49. The number of carbonyl (C=O) groups is 1. The van der Waals surface area contributed by atoms with Crippen molar-refractivity contribution in [3.63, 3.8) is 0 Å². The summed E-state index contributed by atoms with van der Waals surface area (Å²) in [6.45, 7) is -0.744. The second kappa shape index (κ2) is 8.12. The van der Waals surface area contributed by atoms with Gasteiger partial charge in [0.15, 0.2) is 12.0 Å². The molecule has 0 saturated carbocycles. The van der Waals surface area contributed by atoms with E-state index in [1.165, 1.54) is 22.8 Å². The van der Waals surface area contributed by atoms with Gasteiger partial charge in [-0.3, -0.25) is 19.7 Å². The minimum Gasteiger partial charge on any atom is -0.364 e. The number of alkyl halides is 3. The molecule has 0 aliphatic carbocycles. The van der Waals surface area contributed by atoms with Gasteiger partial charge in [-0.2, -0.15) is 23.5 Å². The summed E-state index contributed by atoms with van der Waals surface area (Å²) in [6, 6.07) is 2.05. The van der Waals surface area contributed by atoms with Gasteiger partial charge in [0.1, 0.15) is 0 Å². The van der Waals surface area contributed by atoms with Gasteiger partial charge in [-0.05, 0) is 19.9 Å². The van der Waals surface area contributed by atoms with Crippen LogP contribution in [0.4, 0.5) is 18.9 Å². The predicted octanol–water partition coefficient (Wildman–Crippen LogP) is 0.156. The van der Waals surface area contributed by atoms with Crippen LogP contribution in [0.3, 0.4) is 0 Å². The molecule has 5 N–H and O–H groups in total. The molecular formula is C15H22F3N7O2. The minimum atomic E-state index is -4.29. The number of primary amides is 1. The van der Waals surface area contributed by atoms with Crippen LogP contribution < -0.4 is 16.4 Å². The number of aliphatic hydroxyl groups is 1. The summed E-state index contributed by atoms with van der Waals surface area (Å²) >= 11 is 0. The number of carbonyl (C=O) groups excluding carboxylic acids is 1. The number of aliphatic hydroxyl groups excluding tert-OH is 1. The van der Waals surface area contributed by atoms with Crippen molar-refractivity contribution < 1.29 is 23.1 Å². The molecule has 0 spiro atoms. The highest BCUT2D eigenvalue weighted by molar-refractivity contribution is 5.96. The number of hydrogen-bond donors (Lipinski definition) is 4. The molecule has 1 saturated heterocycles. The highest BCUT2D eigenvalue weighted by Gasteiger charge is 2.41. The van der Waals surface area contributed by atoms with E-state index in [-0.39, 0.29) is 43.7 Å². The molecule has 0 aromatic carbocycles. The van der Waals surface area contributed by atoms with Crippen LogP contribution in [-0.2, 0) is 5.54 Å². The van der Waals surface area contributed by atoms with Gasteiger partial charge in [0.05, 0.1) is 30.3 Å². The summed E-state index contributed by atoms with van der Waals surface area (Å²) in [7, 11) is 1.49. The Labute approximate surface area is 153 Å². The quantitative estimate of drug-likeness (QED) is 0.488. The molecule has 1 fully saturated rings. The molecule has 1 aromatic heterocycles. The topological polar surface area (TPSA) is 132 Å². The third-order valence-electron chi connectivity index (χ3n) is 4.60. The number of halogens is 3. The zero-order chi connectivity index (χ0) is 20.2. The molecule has 1 aliphatic heterocycles. The molecule has 9 nitrogen and oxygen atoms in total. The number of likely N-dealkylation sites (tertiary alicyclic amines) is 1. The van der Waals surface area contributed by atoms with Crippen molar-refractivity contribution in [3.05, 3.63) is 11.9 Å². The van der Waals surface area contributed by atoms with Gasteiger partial charge >= 0.3 is 6.18 Å². The maximum Gasteiger partial charge on any atom is 0.401 e. The first-order valence-electron chi connectivity index (χ1n) is 8.28. The first-order valence-corrected chi connectivity index (χ1v) is 8.28. The second-order valence-corrected chi connectivity index (χ2v) is 6.49. The lowest BCUT2D eigenvalue weighted by molar-refractivity contribution is -0.150. The van der Waals surface area contributed by atoms with Gasteiger partial charge in [-0.15, -0.1) is 0 Å². The van der Waals surface area contributed by atoms with Crippen molar-refractivity contribution in [3.8, 4) is 6.07 Å². The second-order valence-electron chi connectivity index (χ2n) is 6.49. The third kappa shape index (κ3) is 5.09. The average molecular weight is 389 g/mol. The molecule has 0 bridgehead atoms. The Morgan fingerprint density at radius 1 is 1.52 bits per heavy atom. The van der Waals surface area contributed by atoms with Crippen molar-refractivity contribution in [1.29, 1.82) is 5.26 Å². The van der Waals surface area contributed by atoms with Gasteiger partial charge in [0.2, 0.25) is 0 Å². The van der Waals surface area contributed by atoms with Gasteiger partial charge in [0.25, 0.3) is 5.91 Å². The van der Waals surface area contributed by atoms with Crippen molar-refractivity contribution >= 4 is 11.6 Å². The van der Waals surface area contributed by atoms with Gasteiger partial charge < -0.3 is 16.2 Å². The number of aromatic nitrogens is 2. The number of amides is 1. The normalized spacial score (nSPS) is 18.7. The van der Waals surface area contributed by atoms with E-state index in [9.17, 15) is 28.3 Å². The first kappa shape index (κ1) is 20.9. The number of piperidine rings is 1. The van der Waals surface area contributed by atoms with E-state index in [2.05, 4.69) is 15.7 Å². The van der Waals surface area contributed by atoms with E-state index < -0.39 is 30.5 Å². The zero-order valence-corrected chi connectivity index (χ0v) is 14.8. The van der Waals surface area contributed by atoms with Crippen molar-refractivity contribution in [2.45, 2.75) is 37.3 Å². The Morgan fingerprint density at radius 3 is 2.63 bits per heavy atom. The van der Waals surface area contributed by atoms with E-state index in [0.717, 1.165) is 0 Å². The maximum absolute atomic E-state index is 12.6. The smallest absolute Gasteiger partial charge is 0.364 e. The Bertz CT molecular complexity index is 705. The SMILES string of the molecule is CNC(O)Nc1cn(C2(CC#N)CCN(CC(F)(F)F)CC2)nc1C(N)=O. The fourth-order valence-corrected chi connectivity index (χ4v) is 3.14. The maximum atomic E-state index is 12.6. The summed E-state index contributed by atoms with van der Waals surface area (Å²) in [5.74, 6) is -0.832. The van der Waals surface area contributed by atoms with Crippen LogP contribution in [0.5, 0.6) is 0 Å². The summed E-state index contributed by atoms with van der Waals surface area (Å²) in [4.78, 5) is 12.9. The standard InChI is InChI=1S/C15H22F3N7O2/c1-21-13(27)22-10-8-25(23-11(10)12(20)26)14(2-5-19)3-6-24(7-4-14)9-15(16,17)18/h8,13,21-22,27H,2-4,6-7,9H2,1H3,(H2,20,26). The summed E-state index contributed by atoms with van der Waals surface area (Å²) < 4.78 is 39.2. The number of hydrogen-bond acceptors (Lipinski definition) is 7. The Balaban J connectivity index is 2.28. The molecule has 1 aromatic rings. The number of nitrogens with zero attached hydrogens (tertiary/aromatic N) is 4. The lowest BCUT2D eigenvalue weighted by Crippen LogP contribution is -2.48. The predicted molar refractivity (Wildman–Crippen MR) is 89.4 cm³/mol. The van der Waals surface area contributed by atoms with Crippen molar-refractivity contribution in [2.75, 3.05) is 32.0 Å². The fourth-order valence-electron chi connectivity index (χ4n) is 3.14. The van der Waals surface area contributed by atoms with Crippen LogP contribution in [0, 0.1) is 11.3 Å². The highest BCUT2D eigenvalue weighted by atomic mass is 19.4. The summed E-state index contributed by atoms with van der Waals surface area (Å²) in [5.41, 5.74) is 4.51. The lowest BCUT2D eigenvalue weighted by atomic mass is 9.85. The van der Waals surface area contributed by atoms with E-state index in [4.69, 9.17) is 5.73 Å². The van der Waals surface area contributed by atoms with Crippen LogP contribution in [-0.4, -0.2) is 64.9 Å². The van der Waals surface area contributed by atoms with Crippen molar-refractivity contribution in [2.24, 2.45) is 5.73 Å². The Hall–Kier alpha value is -2.36. The molecule has 12 heteroatoms. The molecule has 1 unspecified atom stereocenters.